The first kappa shape index (κ1) is 9.13. The van der Waals surface area contributed by atoms with Gasteiger partial charge in [-0.15, -0.1) is 0 Å². The molecule has 0 atom stereocenters. The minimum absolute atomic E-state index is 0. The Kier molecular flexibility index (Phi) is 2.43. The van der Waals surface area contributed by atoms with Crippen molar-refractivity contribution in [2.24, 2.45) is 0 Å². The van der Waals surface area contributed by atoms with E-state index in [-0.39, 0.29) is 26.9 Å². The number of aromatic amines is 1. The fourth-order valence-corrected chi connectivity index (χ4v) is 0.942. The molecule has 0 saturated heterocycles. The molecule has 0 amide bonds. The molecule has 0 saturated carbocycles. The second-order valence-electron chi connectivity index (χ2n) is 2.22. The molecule has 0 bridgehead atoms. The van der Waals surface area contributed by atoms with Crippen LogP contribution < -0.4 is 0 Å². The predicted octanol–water partition coefficient (Wildman–Crippen LogP) is 1.34. The van der Waals surface area contributed by atoms with E-state index < -0.39 is 0 Å². The second kappa shape index (κ2) is 3.19. The Hall–Kier alpha value is -0.962. The van der Waals surface area contributed by atoms with Gasteiger partial charge in [-0.05, 0) is 12.7 Å². The maximum atomic E-state index is 7.40. The van der Waals surface area contributed by atoms with Crippen molar-refractivity contribution in [1.82, 2.24) is 19.9 Å². The molecule has 2 heterocycles. The summed E-state index contributed by atoms with van der Waals surface area (Å²) in [5.74, 6) is 0.777. The summed E-state index contributed by atoms with van der Waals surface area (Å²) in [7, 11) is 0. The van der Waals surface area contributed by atoms with Crippen molar-refractivity contribution in [3.05, 3.63) is 17.9 Å². The van der Waals surface area contributed by atoms with E-state index in [0.717, 1.165) is 0 Å². The second-order valence-corrected chi connectivity index (χ2v) is 2.22. The van der Waals surface area contributed by atoms with Crippen molar-refractivity contribution in [3.63, 3.8) is 0 Å². The Labute approximate surface area is 83.1 Å². The summed E-state index contributed by atoms with van der Waals surface area (Å²) in [5.41, 5.74) is 8.55. The van der Waals surface area contributed by atoms with Crippen LogP contribution in [-0.4, -0.2) is 19.9 Å². The van der Waals surface area contributed by atoms with Gasteiger partial charge in [0.25, 0.3) is 0 Å². The van der Waals surface area contributed by atoms with Crippen LogP contribution in [0.1, 0.15) is 5.82 Å². The largest absolute Gasteiger partial charge is 0.480 e. The molecule has 0 fully saturated rings. The zero-order valence-electron chi connectivity index (χ0n) is 6.33. The first-order valence-corrected chi connectivity index (χ1v) is 3.16. The van der Waals surface area contributed by atoms with E-state index in [2.05, 4.69) is 19.9 Å². The van der Waals surface area contributed by atoms with Crippen LogP contribution in [0.4, 0.5) is 5.82 Å². The molecular formula is C6H6N5W-. The number of H-pyrrole nitrogens is 1. The number of hydrogen-bond donors (Lipinski definition) is 1. The van der Waals surface area contributed by atoms with Crippen molar-refractivity contribution in [2.45, 2.75) is 6.92 Å². The van der Waals surface area contributed by atoms with Crippen LogP contribution in [0.25, 0.3) is 16.9 Å². The van der Waals surface area contributed by atoms with Crippen molar-refractivity contribution >= 4 is 17.0 Å². The van der Waals surface area contributed by atoms with E-state index in [9.17, 15) is 0 Å². The third kappa shape index (κ3) is 1.32. The third-order valence-corrected chi connectivity index (χ3v) is 1.40. The SMILES string of the molecule is Cc1nc([NH-])c2[nH]cnc2n1.[W]. The molecule has 0 aliphatic heterocycles. The molecule has 0 unspecified atom stereocenters. The van der Waals surface area contributed by atoms with Gasteiger partial charge in [-0.25, -0.2) is 9.97 Å². The minimum atomic E-state index is 0. The number of aryl methyl sites for hydroxylation is 1. The molecule has 2 N–H and O–H groups in total. The number of imidazole rings is 1. The average molecular weight is 332 g/mol. The zero-order valence-corrected chi connectivity index (χ0v) is 9.26. The van der Waals surface area contributed by atoms with Crippen LogP contribution >= 0.6 is 0 Å². The van der Waals surface area contributed by atoms with Crippen molar-refractivity contribution in [3.8, 4) is 0 Å². The van der Waals surface area contributed by atoms with Gasteiger partial charge in [0.15, 0.2) is 5.65 Å². The first-order chi connectivity index (χ1) is 5.27. The average Bonchev–Trinajstić information content (AvgIpc) is 2.34. The summed E-state index contributed by atoms with van der Waals surface area (Å²) in [6.07, 6.45) is 1.51. The number of hydrogen-bond acceptors (Lipinski definition) is 3. The third-order valence-electron chi connectivity index (χ3n) is 1.40. The Bertz CT molecular complexity index is 396. The summed E-state index contributed by atoms with van der Waals surface area (Å²) in [5, 5.41) is 0. The van der Waals surface area contributed by atoms with Gasteiger partial charge in [0, 0.05) is 26.9 Å². The monoisotopic (exact) mass is 332 g/mol. The number of aromatic nitrogens is 4. The Morgan fingerprint density at radius 3 is 2.92 bits per heavy atom. The van der Waals surface area contributed by atoms with Crippen LogP contribution in [0, 0.1) is 6.92 Å². The molecule has 0 radical (unpaired) electrons. The molecule has 0 spiro atoms. The summed E-state index contributed by atoms with van der Waals surface area (Å²) in [6.45, 7) is 1.74. The van der Waals surface area contributed by atoms with Crippen LogP contribution in [0.5, 0.6) is 0 Å². The van der Waals surface area contributed by atoms with Crippen LogP contribution in [0.2, 0.25) is 0 Å². The molecule has 0 aliphatic carbocycles. The van der Waals surface area contributed by atoms with Gasteiger partial charge in [0.2, 0.25) is 0 Å². The van der Waals surface area contributed by atoms with Gasteiger partial charge in [-0.2, -0.15) is 0 Å². The number of nitrogens with one attached hydrogen (secondary N) is 2. The van der Waals surface area contributed by atoms with E-state index in [1.54, 1.807) is 6.92 Å². The molecule has 0 aliphatic rings. The van der Waals surface area contributed by atoms with Crippen molar-refractivity contribution < 1.29 is 21.1 Å². The van der Waals surface area contributed by atoms with Gasteiger partial charge >= 0.3 is 0 Å². The molecule has 6 heteroatoms. The molecular weight excluding hydrogens is 326 g/mol. The molecule has 12 heavy (non-hydrogen) atoms. The fraction of sp³-hybridized carbons (Fsp3) is 0.167. The van der Waals surface area contributed by atoms with Crippen LogP contribution in [0.15, 0.2) is 6.33 Å². The van der Waals surface area contributed by atoms with E-state index >= 15 is 0 Å². The standard InChI is InChI=1S/C6H6N5.W/c1-3-10-5(7)4-6(11-3)9-2-8-4;/h2H,1H3,(H2-,7,8,9,10,11);/q-1;. The minimum Gasteiger partial charge on any atom is -0.480 e. The van der Waals surface area contributed by atoms with Gasteiger partial charge in [0.1, 0.15) is 0 Å². The fourth-order valence-electron chi connectivity index (χ4n) is 0.942. The molecule has 2 aromatic heterocycles. The summed E-state index contributed by atoms with van der Waals surface area (Å²) >= 11 is 0. The van der Waals surface area contributed by atoms with Crippen molar-refractivity contribution in [1.29, 1.82) is 0 Å². The topological polar surface area (TPSA) is 78.3 Å². The van der Waals surface area contributed by atoms with E-state index in [0.29, 0.717) is 17.0 Å². The maximum Gasteiger partial charge on any atom is 0.177 e. The van der Waals surface area contributed by atoms with Gasteiger partial charge in [-0.3, -0.25) is 0 Å². The quantitative estimate of drug-likeness (QED) is 0.791. The summed E-state index contributed by atoms with van der Waals surface area (Å²) < 4.78 is 0. The number of fused-ring (bicyclic) bond motifs is 1. The molecule has 2 rings (SSSR count). The maximum absolute atomic E-state index is 7.40. The molecule has 0 aromatic carbocycles. The Morgan fingerprint density at radius 2 is 2.17 bits per heavy atom. The summed E-state index contributed by atoms with van der Waals surface area (Å²) in [6, 6.07) is 0. The van der Waals surface area contributed by atoms with E-state index in [1.165, 1.54) is 6.33 Å². The van der Waals surface area contributed by atoms with Gasteiger partial charge in [0.05, 0.1) is 11.8 Å². The number of nitrogens with zero attached hydrogens (tertiary/aromatic N) is 3. The molecule has 5 nitrogen and oxygen atoms in total. The summed E-state index contributed by atoms with van der Waals surface area (Å²) in [4.78, 5) is 14.6. The van der Waals surface area contributed by atoms with Gasteiger partial charge in [-0.1, -0.05) is 0 Å². The molecule has 62 valence electrons. The van der Waals surface area contributed by atoms with Crippen LogP contribution in [0.3, 0.4) is 0 Å². The van der Waals surface area contributed by atoms with E-state index in [4.69, 9.17) is 5.73 Å². The van der Waals surface area contributed by atoms with Crippen LogP contribution in [-0.2, 0) is 21.1 Å². The Balaban J connectivity index is 0.000000720. The van der Waals surface area contributed by atoms with Gasteiger partial charge < -0.3 is 15.7 Å². The van der Waals surface area contributed by atoms with E-state index in [1.807, 2.05) is 0 Å². The predicted molar refractivity (Wildman–Crippen MR) is 40.4 cm³/mol. The Morgan fingerprint density at radius 1 is 1.42 bits per heavy atom. The van der Waals surface area contributed by atoms with Crippen molar-refractivity contribution in [2.75, 3.05) is 0 Å². The first-order valence-electron chi connectivity index (χ1n) is 3.16. The number of rotatable bonds is 0. The smallest absolute Gasteiger partial charge is 0.177 e. The normalized spacial score (nSPS) is 9.75. The molecule has 2 aromatic rings. The zero-order chi connectivity index (χ0) is 7.84.